The molecular weight excluding hydrogens is 481 g/mol. The van der Waals surface area contributed by atoms with Crippen LogP contribution in [0.25, 0.3) is 0 Å². The van der Waals surface area contributed by atoms with Gasteiger partial charge in [-0.05, 0) is 17.7 Å². The number of aliphatic imine (C=N–C) groups is 1. The monoisotopic (exact) mass is 507 g/mol. The highest BCUT2D eigenvalue weighted by molar-refractivity contribution is 14.0. The number of hydrogen-bond donors (Lipinski definition) is 2. The SMILES string of the molecule is COc1ccc(NC(N)=NCCc2nccn2Cc2ccccc2)cc1OC.I. The van der Waals surface area contributed by atoms with Gasteiger partial charge in [-0.1, -0.05) is 30.3 Å². The summed E-state index contributed by atoms with van der Waals surface area (Å²) in [4.78, 5) is 8.84. The summed E-state index contributed by atoms with van der Waals surface area (Å²) < 4.78 is 12.7. The minimum absolute atomic E-state index is 0. The Morgan fingerprint density at radius 2 is 1.86 bits per heavy atom. The first-order valence-electron chi connectivity index (χ1n) is 9.02. The smallest absolute Gasteiger partial charge is 0.193 e. The summed E-state index contributed by atoms with van der Waals surface area (Å²) in [5, 5.41) is 3.07. The van der Waals surface area contributed by atoms with E-state index in [1.807, 2.05) is 48.8 Å². The van der Waals surface area contributed by atoms with Crippen LogP contribution in [-0.2, 0) is 13.0 Å². The molecule has 154 valence electrons. The van der Waals surface area contributed by atoms with E-state index in [2.05, 4.69) is 32.0 Å². The van der Waals surface area contributed by atoms with Gasteiger partial charge < -0.3 is 25.1 Å². The topological polar surface area (TPSA) is 86.7 Å². The summed E-state index contributed by atoms with van der Waals surface area (Å²) in [6.45, 7) is 1.33. The Hall–Kier alpha value is -2.75. The second kappa shape index (κ2) is 11.3. The first kappa shape index (κ1) is 22.5. The first-order chi connectivity index (χ1) is 13.7. The van der Waals surface area contributed by atoms with Crippen LogP contribution in [0.2, 0.25) is 0 Å². The van der Waals surface area contributed by atoms with Crippen molar-refractivity contribution in [1.82, 2.24) is 9.55 Å². The number of hydrogen-bond acceptors (Lipinski definition) is 4. The molecule has 0 saturated carbocycles. The number of nitrogens with zero attached hydrogens (tertiary/aromatic N) is 3. The van der Waals surface area contributed by atoms with Gasteiger partial charge in [0.15, 0.2) is 17.5 Å². The van der Waals surface area contributed by atoms with Crippen LogP contribution in [0.5, 0.6) is 11.5 Å². The second-order valence-electron chi connectivity index (χ2n) is 6.17. The van der Waals surface area contributed by atoms with Crippen LogP contribution in [0.4, 0.5) is 5.69 Å². The Labute approximate surface area is 188 Å². The molecule has 0 aliphatic rings. The lowest BCUT2D eigenvalue weighted by atomic mass is 10.2. The minimum Gasteiger partial charge on any atom is -0.493 e. The molecule has 0 spiro atoms. The number of imidazole rings is 1. The first-order valence-corrected chi connectivity index (χ1v) is 9.02. The lowest BCUT2D eigenvalue weighted by Crippen LogP contribution is -2.23. The summed E-state index contributed by atoms with van der Waals surface area (Å²) >= 11 is 0. The van der Waals surface area contributed by atoms with Gasteiger partial charge in [0.2, 0.25) is 0 Å². The molecule has 0 aliphatic carbocycles. The molecule has 1 heterocycles. The zero-order valence-electron chi connectivity index (χ0n) is 16.5. The Bertz CT molecular complexity index is 928. The molecule has 2 aromatic carbocycles. The van der Waals surface area contributed by atoms with Crippen molar-refractivity contribution in [3.8, 4) is 11.5 Å². The fourth-order valence-corrected chi connectivity index (χ4v) is 2.87. The van der Waals surface area contributed by atoms with Gasteiger partial charge in [-0.3, -0.25) is 4.99 Å². The van der Waals surface area contributed by atoms with E-state index in [0.29, 0.717) is 30.4 Å². The molecule has 0 radical (unpaired) electrons. The Morgan fingerprint density at radius 1 is 1.10 bits per heavy atom. The number of nitrogens with two attached hydrogens (primary N) is 1. The zero-order chi connectivity index (χ0) is 19.8. The van der Waals surface area contributed by atoms with E-state index in [4.69, 9.17) is 15.2 Å². The molecule has 3 N–H and O–H groups in total. The van der Waals surface area contributed by atoms with Gasteiger partial charge in [-0.15, -0.1) is 24.0 Å². The third-order valence-corrected chi connectivity index (χ3v) is 4.27. The van der Waals surface area contributed by atoms with Crippen molar-refractivity contribution in [2.45, 2.75) is 13.0 Å². The van der Waals surface area contributed by atoms with Crippen LogP contribution in [0, 0.1) is 0 Å². The van der Waals surface area contributed by atoms with E-state index >= 15 is 0 Å². The number of aromatic nitrogens is 2. The van der Waals surface area contributed by atoms with Crippen molar-refractivity contribution >= 4 is 35.6 Å². The molecule has 29 heavy (non-hydrogen) atoms. The van der Waals surface area contributed by atoms with Gasteiger partial charge in [0, 0.05) is 43.7 Å². The van der Waals surface area contributed by atoms with Crippen LogP contribution in [-0.4, -0.2) is 36.3 Å². The second-order valence-corrected chi connectivity index (χ2v) is 6.17. The van der Waals surface area contributed by atoms with Crippen molar-refractivity contribution in [3.05, 3.63) is 72.3 Å². The molecule has 8 heteroatoms. The maximum absolute atomic E-state index is 6.01. The van der Waals surface area contributed by atoms with Crippen LogP contribution >= 0.6 is 24.0 Å². The average Bonchev–Trinajstić information content (AvgIpc) is 3.15. The van der Waals surface area contributed by atoms with Crippen LogP contribution in [0.3, 0.4) is 0 Å². The highest BCUT2D eigenvalue weighted by Crippen LogP contribution is 2.29. The number of halogens is 1. The highest BCUT2D eigenvalue weighted by Gasteiger charge is 2.06. The summed E-state index contributed by atoms with van der Waals surface area (Å²) in [5.41, 5.74) is 8.03. The lowest BCUT2D eigenvalue weighted by Gasteiger charge is -2.11. The van der Waals surface area contributed by atoms with Crippen LogP contribution in [0.1, 0.15) is 11.4 Å². The van der Waals surface area contributed by atoms with Gasteiger partial charge in [0.1, 0.15) is 5.82 Å². The molecule has 3 aromatic rings. The maximum atomic E-state index is 6.01. The van der Waals surface area contributed by atoms with Gasteiger partial charge >= 0.3 is 0 Å². The fraction of sp³-hybridized carbons (Fsp3) is 0.238. The molecule has 0 aliphatic heterocycles. The van der Waals surface area contributed by atoms with Crippen LogP contribution in [0.15, 0.2) is 65.9 Å². The number of anilines is 1. The minimum atomic E-state index is 0. The molecular formula is C21H26IN5O2. The Balaban J connectivity index is 0.00000300. The standard InChI is InChI=1S/C21H25N5O2.HI/c1-27-18-9-8-17(14-19(18)28-2)25-21(22)24-11-10-20-23-12-13-26(20)15-16-6-4-3-5-7-16;/h3-9,12-14H,10-11,15H2,1-2H3,(H3,22,24,25);1H. The fourth-order valence-electron chi connectivity index (χ4n) is 2.87. The van der Waals surface area contributed by atoms with E-state index < -0.39 is 0 Å². The molecule has 0 atom stereocenters. The number of nitrogens with one attached hydrogen (secondary N) is 1. The van der Waals surface area contributed by atoms with Crippen molar-refractivity contribution in [1.29, 1.82) is 0 Å². The zero-order valence-corrected chi connectivity index (χ0v) is 18.9. The largest absolute Gasteiger partial charge is 0.493 e. The number of methoxy groups -OCH3 is 2. The highest BCUT2D eigenvalue weighted by atomic mass is 127. The number of guanidine groups is 1. The van der Waals surface area contributed by atoms with Crippen molar-refractivity contribution in [3.63, 3.8) is 0 Å². The van der Waals surface area contributed by atoms with Crippen molar-refractivity contribution < 1.29 is 9.47 Å². The molecule has 0 amide bonds. The number of rotatable bonds is 8. The van der Waals surface area contributed by atoms with Gasteiger partial charge in [-0.25, -0.2) is 4.98 Å². The van der Waals surface area contributed by atoms with Crippen LogP contribution < -0.4 is 20.5 Å². The van der Waals surface area contributed by atoms with E-state index in [1.54, 1.807) is 14.2 Å². The Kier molecular flexibility index (Phi) is 8.78. The van der Waals surface area contributed by atoms with Gasteiger partial charge in [0.05, 0.1) is 14.2 Å². The number of benzene rings is 2. The normalized spacial score (nSPS) is 10.9. The predicted octanol–water partition coefficient (Wildman–Crippen LogP) is 3.54. The van der Waals surface area contributed by atoms with E-state index in [-0.39, 0.29) is 24.0 Å². The summed E-state index contributed by atoms with van der Waals surface area (Å²) in [6, 6.07) is 15.8. The summed E-state index contributed by atoms with van der Waals surface area (Å²) in [7, 11) is 3.19. The van der Waals surface area contributed by atoms with Gasteiger partial charge in [-0.2, -0.15) is 0 Å². The molecule has 0 bridgehead atoms. The Morgan fingerprint density at radius 3 is 2.59 bits per heavy atom. The molecule has 0 unspecified atom stereocenters. The molecule has 3 rings (SSSR count). The third-order valence-electron chi connectivity index (χ3n) is 4.27. The van der Waals surface area contributed by atoms with Crippen molar-refractivity contribution in [2.75, 3.05) is 26.1 Å². The lowest BCUT2D eigenvalue weighted by molar-refractivity contribution is 0.355. The quantitative estimate of drug-likeness (QED) is 0.277. The van der Waals surface area contributed by atoms with E-state index in [0.717, 1.165) is 18.1 Å². The summed E-state index contributed by atoms with van der Waals surface area (Å²) in [5.74, 6) is 2.61. The third kappa shape index (κ3) is 6.38. The molecule has 7 nitrogen and oxygen atoms in total. The van der Waals surface area contributed by atoms with Gasteiger partial charge in [0.25, 0.3) is 0 Å². The summed E-state index contributed by atoms with van der Waals surface area (Å²) in [6.07, 6.45) is 4.50. The van der Waals surface area contributed by atoms with Crippen molar-refractivity contribution in [2.24, 2.45) is 10.7 Å². The molecule has 1 aromatic heterocycles. The predicted molar refractivity (Wildman–Crippen MR) is 127 cm³/mol. The average molecular weight is 507 g/mol. The molecule has 0 fully saturated rings. The van der Waals surface area contributed by atoms with E-state index in [9.17, 15) is 0 Å². The molecule has 0 saturated heterocycles. The maximum Gasteiger partial charge on any atom is 0.193 e. The number of ether oxygens (including phenoxy) is 2. The van der Waals surface area contributed by atoms with E-state index in [1.165, 1.54) is 5.56 Å².